The summed E-state index contributed by atoms with van der Waals surface area (Å²) < 4.78 is 5.98. The van der Waals surface area contributed by atoms with Gasteiger partial charge >= 0.3 is 0 Å². The van der Waals surface area contributed by atoms with Crippen LogP contribution in [0.4, 0.5) is 0 Å². The van der Waals surface area contributed by atoms with Crippen molar-refractivity contribution >= 4 is 27.7 Å². The maximum atomic E-state index is 13.6. The second-order valence-electron chi connectivity index (χ2n) is 10.3. The molecule has 0 saturated heterocycles. The summed E-state index contributed by atoms with van der Waals surface area (Å²) in [4.78, 5) is 26.8. The van der Waals surface area contributed by atoms with Crippen LogP contribution in [-0.2, 0) is 29.1 Å². The standard InChI is InChI=1S/C31H39BrN4O5/c1-19(2)27(30(39)35-18-22-16-23(32)11-14-26(22)37)36-31(40)28(34-17-21-9-12-24(41-3)13-10-21)29(38)25(33)15-20-7-5-4-6-8-20/h4-14,16,19,25,27-29,34,37-38H,15,17-18,33H2,1-3H3,(H,35,39)(H,36,40)/t25-,27-,28+,29+/m0/s1. The number of carbonyl (C=O) groups excluding carboxylic acids is 2. The van der Waals surface area contributed by atoms with E-state index in [1.54, 1.807) is 19.2 Å². The van der Waals surface area contributed by atoms with Gasteiger partial charge in [-0.25, -0.2) is 0 Å². The number of nitrogens with one attached hydrogen (secondary N) is 3. The van der Waals surface area contributed by atoms with E-state index in [1.807, 2.05) is 68.4 Å². The number of hydrogen-bond acceptors (Lipinski definition) is 7. The quantitative estimate of drug-likeness (QED) is 0.161. The van der Waals surface area contributed by atoms with Crippen LogP contribution in [0.25, 0.3) is 0 Å². The van der Waals surface area contributed by atoms with Crippen LogP contribution < -0.4 is 26.4 Å². The maximum absolute atomic E-state index is 13.6. The maximum Gasteiger partial charge on any atom is 0.243 e. The molecule has 0 aliphatic carbocycles. The lowest BCUT2D eigenvalue weighted by molar-refractivity contribution is -0.133. The molecular weight excluding hydrogens is 588 g/mol. The lowest BCUT2D eigenvalue weighted by Crippen LogP contribution is -2.60. The number of ether oxygens (including phenoxy) is 1. The van der Waals surface area contributed by atoms with Crippen molar-refractivity contribution in [2.24, 2.45) is 11.7 Å². The normalized spacial score (nSPS) is 14.1. The molecule has 7 N–H and O–H groups in total. The van der Waals surface area contributed by atoms with Gasteiger partial charge in [0.1, 0.15) is 23.6 Å². The number of aliphatic hydroxyl groups excluding tert-OH is 1. The van der Waals surface area contributed by atoms with Crippen molar-refractivity contribution in [3.05, 3.63) is 94.0 Å². The molecule has 0 heterocycles. The van der Waals surface area contributed by atoms with Crippen LogP contribution in [0.2, 0.25) is 0 Å². The third kappa shape index (κ3) is 9.57. The average molecular weight is 628 g/mol. The van der Waals surface area contributed by atoms with Crippen LogP contribution in [0, 0.1) is 5.92 Å². The van der Waals surface area contributed by atoms with Crippen LogP contribution in [-0.4, -0.2) is 53.4 Å². The second-order valence-corrected chi connectivity index (χ2v) is 11.2. The monoisotopic (exact) mass is 626 g/mol. The van der Waals surface area contributed by atoms with Gasteiger partial charge in [-0.2, -0.15) is 0 Å². The van der Waals surface area contributed by atoms with Gasteiger partial charge in [0.25, 0.3) is 0 Å². The predicted molar refractivity (Wildman–Crippen MR) is 162 cm³/mol. The molecule has 10 heteroatoms. The predicted octanol–water partition coefficient (Wildman–Crippen LogP) is 3.01. The SMILES string of the molecule is COc1ccc(CN[C@@H](C(=O)N[C@H](C(=O)NCc2cc(Br)ccc2O)C(C)C)[C@H](O)[C@@H](N)Cc2ccccc2)cc1. The number of halogens is 1. The summed E-state index contributed by atoms with van der Waals surface area (Å²) in [5.74, 6) is -0.460. The Balaban J connectivity index is 1.75. The largest absolute Gasteiger partial charge is 0.508 e. The number of rotatable bonds is 14. The van der Waals surface area contributed by atoms with Crippen molar-refractivity contribution in [1.29, 1.82) is 0 Å². The molecule has 0 aromatic heterocycles. The smallest absolute Gasteiger partial charge is 0.243 e. The number of aromatic hydroxyl groups is 1. The van der Waals surface area contributed by atoms with Crippen LogP contribution in [0.5, 0.6) is 11.5 Å². The number of carbonyl (C=O) groups is 2. The highest BCUT2D eigenvalue weighted by Gasteiger charge is 2.34. The highest BCUT2D eigenvalue weighted by Crippen LogP contribution is 2.22. The number of hydrogen-bond donors (Lipinski definition) is 6. The molecule has 0 aliphatic rings. The molecule has 0 aliphatic heterocycles. The van der Waals surface area contributed by atoms with Gasteiger partial charge in [0, 0.05) is 29.2 Å². The Kier molecular flexibility index (Phi) is 12.2. The van der Waals surface area contributed by atoms with E-state index in [0.29, 0.717) is 17.7 Å². The van der Waals surface area contributed by atoms with Gasteiger partial charge in [0.2, 0.25) is 11.8 Å². The first-order valence-corrected chi connectivity index (χ1v) is 14.3. The second kappa shape index (κ2) is 15.5. The molecule has 0 fully saturated rings. The van der Waals surface area contributed by atoms with E-state index in [0.717, 1.165) is 15.6 Å². The molecule has 4 atom stereocenters. The average Bonchev–Trinajstić information content (AvgIpc) is 2.96. The van der Waals surface area contributed by atoms with Crippen LogP contribution in [0.15, 0.2) is 77.3 Å². The van der Waals surface area contributed by atoms with Gasteiger partial charge in [0.15, 0.2) is 0 Å². The molecule has 0 unspecified atom stereocenters. The Morgan fingerprint density at radius 3 is 2.24 bits per heavy atom. The zero-order valence-corrected chi connectivity index (χ0v) is 25.1. The summed E-state index contributed by atoms with van der Waals surface area (Å²) >= 11 is 3.36. The first-order valence-electron chi connectivity index (χ1n) is 13.5. The van der Waals surface area contributed by atoms with Gasteiger partial charge < -0.3 is 31.3 Å². The number of methoxy groups -OCH3 is 1. The fourth-order valence-electron chi connectivity index (χ4n) is 4.36. The molecule has 2 amide bonds. The topological polar surface area (TPSA) is 146 Å². The number of nitrogens with two attached hydrogens (primary N) is 1. The molecule has 220 valence electrons. The van der Waals surface area contributed by atoms with Crippen molar-refractivity contribution in [3.63, 3.8) is 0 Å². The first-order chi connectivity index (χ1) is 19.6. The minimum absolute atomic E-state index is 0.0527. The number of phenols is 1. The fourth-order valence-corrected chi connectivity index (χ4v) is 4.77. The summed E-state index contributed by atoms with van der Waals surface area (Å²) in [5, 5.41) is 30.1. The Hall–Kier alpha value is -3.44. The number of amides is 2. The highest BCUT2D eigenvalue weighted by molar-refractivity contribution is 9.10. The van der Waals surface area contributed by atoms with Gasteiger partial charge in [-0.15, -0.1) is 0 Å². The summed E-state index contributed by atoms with van der Waals surface area (Å²) in [6.45, 7) is 3.99. The van der Waals surface area contributed by atoms with Crippen LogP contribution in [0.3, 0.4) is 0 Å². The van der Waals surface area contributed by atoms with Gasteiger partial charge in [-0.3, -0.25) is 14.9 Å². The van der Waals surface area contributed by atoms with Crippen molar-refractivity contribution < 1.29 is 24.5 Å². The molecule has 0 bridgehead atoms. The van der Waals surface area contributed by atoms with E-state index in [4.69, 9.17) is 10.5 Å². The minimum Gasteiger partial charge on any atom is -0.508 e. The van der Waals surface area contributed by atoms with Gasteiger partial charge in [-0.1, -0.05) is 72.2 Å². The molecule has 0 saturated carbocycles. The van der Waals surface area contributed by atoms with E-state index < -0.39 is 36.0 Å². The van der Waals surface area contributed by atoms with E-state index in [1.165, 1.54) is 6.07 Å². The lowest BCUT2D eigenvalue weighted by atomic mass is 9.95. The molecule has 3 aromatic carbocycles. The Bertz CT molecular complexity index is 1270. The Labute approximate surface area is 249 Å². The molecular formula is C31H39BrN4O5. The van der Waals surface area contributed by atoms with Crippen molar-refractivity contribution in [2.75, 3.05) is 7.11 Å². The minimum atomic E-state index is -1.25. The summed E-state index contributed by atoms with van der Waals surface area (Å²) in [7, 11) is 1.58. The molecule has 9 nitrogen and oxygen atoms in total. The Morgan fingerprint density at radius 1 is 0.927 bits per heavy atom. The number of aliphatic hydroxyl groups is 1. The molecule has 3 aromatic rings. The number of benzene rings is 3. The Morgan fingerprint density at radius 2 is 1.61 bits per heavy atom. The summed E-state index contributed by atoms with van der Waals surface area (Å²) in [6.07, 6.45) is -0.886. The summed E-state index contributed by atoms with van der Waals surface area (Å²) in [5.41, 5.74) is 8.73. The van der Waals surface area contributed by atoms with Gasteiger partial charge in [0.05, 0.1) is 13.2 Å². The molecule has 0 spiro atoms. The van der Waals surface area contributed by atoms with E-state index in [9.17, 15) is 19.8 Å². The molecule has 41 heavy (non-hydrogen) atoms. The number of phenolic OH excluding ortho intramolecular Hbond substituents is 1. The van der Waals surface area contributed by atoms with E-state index in [-0.39, 0.29) is 24.8 Å². The lowest BCUT2D eigenvalue weighted by Gasteiger charge is -2.30. The van der Waals surface area contributed by atoms with Crippen molar-refractivity contribution in [3.8, 4) is 11.5 Å². The van der Waals surface area contributed by atoms with E-state index in [2.05, 4.69) is 31.9 Å². The van der Waals surface area contributed by atoms with Gasteiger partial charge in [-0.05, 0) is 53.8 Å². The first kappa shape index (κ1) is 32.1. The molecule has 0 radical (unpaired) electrons. The zero-order chi connectivity index (χ0) is 29.9. The third-order valence-electron chi connectivity index (χ3n) is 6.80. The zero-order valence-electron chi connectivity index (χ0n) is 23.5. The van der Waals surface area contributed by atoms with Crippen LogP contribution >= 0.6 is 15.9 Å². The van der Waals surface area contributed by atoms with Crippen molar-refractivity contribution in [2.45, 2.75) is 57.6 Å². The van der Waals surface area contributed by atoms with Crippen molar-refractivity contribution in [1.82, 2.24) is 16.0 Å². The molecule has 3 rings (SSSR count). The van der Waals surface area contributed by atoms with Crippen LogP contribution in [0.1, 0.15) is 30.5 Å². The highest BCUT2D eigenvalue weighted by atomic mass is 79.9. The summed E-state index contributed by atoms with van der Waals surface area (Å²) in [6, 6.07) is 19.0. The van der Waals surface area contributed by atoms with E-state index >= 15 is 0 Å². The third-order valence-corrected chi connectivity index (χ3v) is 7.30. The fraction of sp³-hybridized carbons (Fsp3) is 0.355.